The van der Waals surface area contributed by atoms with Gasteiger partial charge in [0.2, 0.25) is 5.91 Å². The molecule has 48 heavy (non-hydrogen) atoms. The first-order valence-corrected chi connectivity index (χ1v) is 15.2. The van der Waals surface area contributed by atoms with E-state index in [2.05, 4.69) is 17.2 Å². The molecule has 0 bridgehead atoms. The molecule has 3 aromatic rings. The molecular weight excluding hydrogens is 679 g/mol. The summed E-state index contributed by atoms with van der Waals surface area (Å²) in [5, 5.41) is 11.9. The first-order valence-electron chi connectivity index (χ1n) is 14.4. The molecule has 0 aromatic heterocycles. The molecule has 2 amide bonds. The number of hydrogen-bond donors (Lipinski definition) is 2. The number of anilines is 1. The molecule has 0 atom stereocenters. The van der Waals surface area contributed by atoms with Gasteiger partial charge < -0.3 is 20.1 Å². The molecule has 0 unspecified atom stereocenters. The van der Waals surface area contributed by atoms with Crippen molar-refractivity contribution in [2.75, 3.05) is 25.0 Å². The van der Waals surface area contributed by atoms with Gasteiger partial charge in [0.15, 0.2) is 12.4 Å². The molecule has 8 nitrogen and oxygen atoms in total. The Labute approximate surface area is 283 Å². The second-order valence-corrected chi connectivity index (χ2v) is 12.4. The fraction of sp³-hybridized carbons (Fsp3) is 0.294. The predicted molar refractivity (Wildman–Crippen MR) is 169 cm³/mol. The lowest BCUT2D eigenvalue weighted by atomic mass is 9.89. The monoisotopic (exact) mass is 706 g/mol. The van der Waals surface area contributed by atoms with Gasteiger partial charge in [-0.2, -0.15) is 13.2 Å². The predicted octanol–water partition coefficient (Wildman–Crippen LogP) is 7.10. The number of ketones is 1. The van der Waals surface area contributed by atoms with Crippen LogP contribution < -0.4 is 10.1 Å². The number of halogens is 6. The molecule has 1 saturated heterocycles. The average Bonchev–Trinajstić information content (AvgIpc) is 3.03. The molecular formula is C34H28Cl2F4N2O6. The van der Waals surface area contributed by atoms with Crippen molar-refractivity contribution in [2.24, 2.45) is 11.3 Å². The molecule has 14 heteroatoms. The number of piperidine rings is 1. The molecule has 1 aliphatic rings. The molecule has 0 saturated carbocycles. The molecule has 3 aromatic carbocycles. The summed E-state index contributed by atoms with van der Waals surface area (Å²) in [5.41, 5.74) is -2.66. The van der Waals surface area contributed by atoms with Gasteiger partial charge in [0, 0.05) is 29.2 Å². The maximum Gasteiger partial charge on any atom is 0.416 e. The Bertz CT molecular complexity index is 1830. The standard InChI is InChI=1S/C34H28Cl2F4N2O6/c1-33(2,32(47)42-11-8-20(9-12-42)31(45)46)10-7-19-3-5-27(26(36)13-19)41-29(43)18-48-28-6-4-23(35)17-25(28)30(44)21-14-22(34(38,39)40)16-24(37)15-21/h3-6,13-17,20H,8-9,11-12,18H2,1-2H3,(H,41,43)(H,45,46). The normalized spacial score (nSPS) is 13.7. The van der Waals surface area contributed by atoms with Crippen LogP contribution in [0.1, 0.15) is 53.7 Å². The minimum atomic E-state index is -4.89. The number of rotatable bonds is 8. The molecule has 0 spiro atoms. The highest BCUT2D eigenvalue weighted by Gasteiger charge is 2.35. The lowest BCUT2D eigenvalue weighted by molar-refractivity contribution is -0.147. The number of nitrogens with one attached hydrogen (secondary N) is 1. The SMILES string of the molecule is CC(C)(C#Cc1ccc(NC(=O)COc2ccc(Cl)cc2C(=O)c2cc(F)cc(C(F)(F)F)c2)c(Cl)c1)C(=O)N1CCC(C(=O)O)CC1. The quantitative estimate of drug-likeness (QED) is 0.147. The average molecular weight is 708 g/mol. The van der Waals surface area contributed by atoms with Crippen LogP contribution in [0.5, 0.6) is 5.75 Å². The van der Waals surface area contributed by atoms with E-state index in [1.807, 2.05) is 0 Å². The molecule has 0 aliphatic carbocycles. The van der Waals surface area contributed by atoms with Crippen LogP contribution in [-0.2, 0) is 20.6 Å². The van der Waals surface area contributed by atoms with Crippen molar-refractivity contribution in [3.05, 3.63) is 92.7 Å². The number of likely N-dealkylation sites (tertiary alicyclic amines) is 1. The first-order chi connectivity index (χ1) is 22.4. The number of benzene rings is 3. The zero-order valence-corrected chi connectivity index (χ0v) is 27.0. The summed E-state index contributed by atoms with van der Waals surface area (Å²) in [5.74, 6) is 1.12. The topological polar surface area (TPSA) is 113 Å². The van der Waals surface area contributed by atoms with E-state index in [-0.39, 0.29) is 39.0 Å². The van der Waals surface area contributed by atoms with Gasteiger partial charge in [-0.25, -0.2) is 4.39 Å². The van der Waals surface area contributed by atoms with Gasteiger partial charge in [-0.05, 0) is 81.3 Å². The van der Waals surface area contributed by atoms with Crippen LogP contribution in [0.2, 0.25) is 10.0 Å². The van der Waals surface area contributed by atoms with Crippen LogP contribution >= 0.6 is 23.2 Å². The maximum atomic E-state index is 14.0. The van der Waals surface area contributed by atoms with E-state index in [1.165, 1.54) is 24.3 Å². The minimum Gasteiger partial charge on any atom is -0.483 e. The number of nitrogens with zero attached hydrogens (tertiary/aromatic N) is 1. The Hall–Kier alpha value is -4.60. The molecule has 1 fully saturated rings. The summed E-state index contributed by atoms with van der Waals surface area (Å²) in [6.45, 7) is 3.35. The number of carboxylic acid groups (broad SMARTS) is 1. The smallest absolute Gasteiger partial charge is 0.416 e. The Balaban J connectivity index is 1.41. The highest BCUT2D eigenvalue weighted by Crippen LogP contribution is 2.33. The largest absolute Gasteiger partial charge is 0.483 e. The van der Waals surface area contributed by atoms with Crippen molar-refractivity contribution in [1.82, 2.24) is 4.90 Å². The van der Waals surface area contributed by atoms with Crippen LogP contribution in [0.3, 0.4) is 0 Å². The number of carbonyl (C=O) groups excluding carboxylic acids is 3. The molecule has 1 heterocycles. The number of ether oxygens (including phenoxy) is 1. The first kappa shape index (κ1) is 36.2. The summed E-state index contributed by atoms with van der Waals surface area (Å²) >= 11 is 12.4. The third kappa shape index (κ3) is 9.05. The van der Waals surface area contributed by atoms with Gasteiger partial charge in [-0.1, -0.05) is 35.0 Å². The van der Waals surface area contributed by atoms with Gasteiger partial charge in [-0.15, -0.1) is 0 Å². The fourth-order valence-electron chi connectivity index (χ4n) is 4.88. The van der Waals surface area contributed by atoms with Crippen molar-refractivity contribution < 1.29 is 46.6 Å². The summed E-state index contributed by atoms with van der Waals surface area (Å²) in [6.07, 6.45) is -4.15. The Morgan fingerprint density at radius 2 is 1.69 bits per heavy atom. The van der Waals surface area contributed by atoms with Gasteiger partial charge in [0.05, 0.1) is 27.8 Å². The van der Waals surface area contributed by atoms with Crippen LogP contribution in [0, 0.1) is 29.0 Å². The van der Waals surface area contributed by atoms with Crippen LogP contribution in [0.25, 0.3) is 0 Å². The van der Waals surface area contributed by atoms with Crippen molar-refractivity contribution in [3.63, 3.8) is 0 Å². The summed E-state index contributed by atoms with van der Waals surface area (Å²) in [4.78, 5) is 51.6. The summed E-state index contributed by atoms with van der Waals surface area (Å²) in [6, 6.07) is 9.66. The minimum absolute atomic E-state index is 0.0469. The molecule has 0 radical (unpaired) electrons. The lowest BCUT2D eigenvalue weighted by Crippen LogP contribution is -2.45. The van der Waals surface area contributed by atoms with E-state index in [9.17, 15) is 41.8 Å². The highest BCUT2D eigenvalue weighted by molar-refractivity contribution is 6.34. The number of aliphatic carboxylic acids is 1. The number of alkyl halides is 3. The van der Waals surface area contributed by atoms with E-state index >= 15 is 0 Å². The van der Waals surface area contributed by atoms with Crippen molar-refractivity contribution >= 4 is 52.5 Å². The zero-order chi connectivity index (χ0) is 35.4. The van der Waals surface area contributed by atoms with E-state index in [0.29, 0.717) is 43.6 Å². The summed E-state index contributed by atoms with van der Waals surface area (Å²) in [7, 11) is 0. The Kier molecular flexibility index (Phi) is 11.1. The van der Waals surface area contributed by atoms with Crippen LogP contribution in [0.15, 0.2) is 54.6 Å². The fourth-order valence-corrected chi connectivity index (χ4v) is 5.28. The zero-order valence-electron chi connectivity index (χ0n) is 25.5. The number of carbonyl (C=O) groups is 4. The molecule has 2 N–H and O–H groups in total. The van der Waals surface area contributed by atoms with E-state index < -0.39 is 58.7 Å². The Morgan fingerprint density at radius 1 is 1.00 bits per heavy atom. The second kappa shape index (κ2) is 14.7. The van der Waals surface area contributed by atoms with E-state index in [4.69, 9.17) is 27.9 Å². The highest BCUT2D eigenvalue weighted by atomic mass is 35.5. The van der Waals surface area contributed by atoms with Crippen molar-refractivity contribution in [2.45, 2.75) is 32.9 Å². The van der Waals surface area contributed by atoms with Gasteiger partial charge in [0.25, 0.3) is 5.91 Å². The Morgan fingerprint density at radius 3 is 2.31 bits per heavy atom. The number of amides is 2. The van der Waals surface area contributed by atoms with Crippen LogP contribution in [0.4, 0.5) is 23.2 Å². The van der Waals surface area contributed by atoms with Crippen LogP contribution in [-0.4, -0.2) is 53.3 Å². The maximum absolute atomic E-state index is 14.0. The van der Waals surface area contributed by atoms with E-state index in [1.54, 1.807) is 24.8 Å². The van der Waals surface area contributed by atoms with Gasteiger partial charge in [-0.3, -0.25) is 19.2 Å². The van der Waals surface area contributed by atoms with E-state index in [0.717, 1.165) is 6.07 Å². The van der Waals surface area contributed by atoms with Gasteiger partial charge >= 0.3 is 12.1 Å². The van der Waals surface area contributed by atoms with Crippen molar-refractivity contribution in [1.29, 1.82) is 0 Å². The second-order valence-electron chi connectivity index (χ2n) is 11.5. The molecule has 1 aliphatic heterocycles. The third-order valence-electron chi connectivity index (χ3n) is 7.46. The molecule has 4 rings (SSSR count). The number of hydrogen-bond acceptors (Lipinski definition) is 5. The summed E-state index contributed by atoms with van der Waals surface area (Å²) < 4.78 is 59.0. The lowest BCUT2D eigenvalue weighted by Gasteiger charge is -2.34. The van der Waals surface area contributed by atoms with Gasteiger partial charge in [0.1, 0.15) is 17.0 Å². The number of carboxylic acids is 1. The van der Waals surface area contributed by atoms with Crippen molar-refractivity contribution in [3.8, 4) is 17.6 Å². The third-order valence-corrected chi connectivity index (χ3v) is 8.01. The molecule has 252 valence electrons.